The number of thioether (sulfide) groups is 1. The molecule has 0 bridgehead atoms. The topological polar surface area (TPSA) is 69.4 Å². The van der Waals surface area contributed by atoms with Crippen molar-refractivity contribution >= 4 is 21.6 Å². The van der Waals surface area contributed by atoms with Gasteiger partial charge in [0, 0.05) is 17.5 Å². The van der Waals surface area contributed by atoms with Crippen LogP contribution in [-0.4, -0.2) is 25.2 Å². The molecule has 6 heteroatoms. The van der Waals surface area contributed by atoms with Crippen LogP contribution in [0.4, 0.5) is 0 Å². The molecule has 0 aromatic heterocycles. The lowest BCUT2D eigenvalue weighted by atomic mass is 10.2. The standard InChI is InChI=1S/C16H17NO3S2/c17-9-12-1-3-13(4-2-12)20-14-5-7-16(8-6-14)22(18,19)11-15-10-21-15/h1-8,15H,9-11,17H2. The van der Waals surface area contributed by atoms with E-state index in [-0.39, 0.29) is 11.0 Å². The largest absolute Gasteiger partial charge is 0.457 e. The van der Waals surface area contributed by atoms with Crippen molar-refractivity contribution in [2.45, 2.75) is 16.7 Å². The maximum atomic E-state index is 12.2. The minimum atomic E-state index is -3.19. The average molecular weight is 335 g/mol. The lowest BCUT2D eigenvalue weighted by molar-refractivity contribution is 0.482. The van der Waals surface area contributed by atoms with Gasteiger partial charge in [-0.2, -0.15) is 11.8 Å². The Kier molecular flexibility index (Phi) is 4.42. The highest BCUT2D eigenvalue weighted by atomic mass is 32.2. The second-order valence-corrected chi connectivity index (χ2v) is 8.53. The number of hydrogen-bond acceptors (Lipinski definition) is 5. The number of benzene rings is 2. The minimum absolute atomic E-state index is 0.221. The van der Waals surface area contributed by atoms with Gasteiger partial charge in [0.15, 0.2) is 9.84 Å². The maximum Gasteiger partial charge on any atom is 0.179 e. The summed E-state index contributed by atoms with van der Waals surface area (Å²) in [5, 5.41) is 0.266. The van der Waals surface area contributed by atoms with Gasteiger partial charge in [0.2, 0.25) is 0 Å². The van der Waals surface area contributed by atoms with Gasteiger partial charge in [-0.1, -0.05) is 12.1 Å². The molecule has 1 unspecified atom stereocenters. The zero-order chi connectivity index (χ0) is 15.6. The molecule has 2 aromatic carbocycles. The highest BCUT2D eigenvalue weighted by Gasteiger charge is 2.29. The van der Waals surface area contributed by atoms with Crippen molar-refractivity contribution in [3.63, 3.8) is 0 Å². The van der Waals surface area contributed by atoms with Gasteiger partial charge < -0.3 is 10.5 Å². The molecule has 1 saturated heterocycles. The van der Waals surface area contributed by atoms with E-state index in [0.29, 0.717) is 22.9 Å². The van der Waals surface area contributed by atoms with E-state index in [2.05, 4.69) is 0 Å². The molecular formula is C16H17NO3S2. The summed E-state index contributed by atoms with van der Waals surface area (Å²) in [7, 11) is -3.19. The number of nitrogens with two attached hydrogens (primary N) is 1. The Morgan fingerprint density at radius 1 is 1.05 bits per heavy atom. The van der Waals surface area contributed by atoms with Crippen LogP contribution in [-0.2, 0) is 16.4 Å². The normalized spacial score (nSPS) is 17.2. The van der Waals surface area contributed by atoms with Gasteiger partial charge in [-0.3, -0.25) is 0 Å². The molecule has 22 heavy (non-hydrogen) atoms. The van der Waals surface area contributed by atoms with Crippen molar-refractivity contribution in [1.29, 1.82) is 0 Å². The molecule has 1 heterocycles. The van der Waals surface area contributed by atoms with E-state index in [1.807, 2.05) is 24.3 Å². The smallest absolute Gasteiger partial charge is 0.179 e. The van der Waals surface area contributed by atoms with Crippen molar-refractivity contribution < 1.29 is 13.2 Å². The predicted molar refractivity (Wildman–Crippen MR) is 89.1 cm³/mol. The van der Waals surface area contributed by atoms with Crippen molar-refractivity contribution in [3.05, 3.63) is 54.1 Å². The molecule has 0 aliphatic carbocycles. The van der Waals surface area contributed by atoms with E-state index in [1.54, 1.807) is 36.0 Å². The van der Waals surface area contributed by atoms with Crippen LogP contribution in [0.2, 0.25) is 0 Å². The van der Waals surface area contributed by atoms with E-state index >= 15 is 0 Å². The molecular weight excluding hydrogens is 318 g/mol. The zero-order valence-corrected chi connectivity index (χ0v) is 13.6. The monoisotopic (exact) mass is 335 g/mol. The first-order valence-electron chi connectivity index (χ1n) is 6.98. The molecule has 0 amide bonds. The molecule has 4 nitrogen and oxygen atoms in total. The van der Waals surface area contributed by atoms with Gasteiger partial charge in [-0.05, 0) is 42.0 Å². The Hall–Kier alpha value is -1.50. The van der Waals surface area contributed by atoms with Crippen LogP contribution >= 0.6 is 11.8 Å². The summed E-state index contributed by atoms with van der Waals surface area (Å²) in [5.74, 6) is 2.47. The van der Waals surface area contributed by atoms with Gasteiger partial charge in [-0.25, -0.2) is 8.42 Å². The van der Waals surface area contributed by atoms with Gasteiger partial charge in [-0.15, -0.1) is 0 Å². The van der Waals surface area contributed by atoms with Crippen molar-refractivity contribution in [3.8, 4) is 11.5 Å². The number of sulfone groups is 1. The molecule has 1 atom stereocenters. The van der Waals surface area contributed by atoms with Crippen molar-refractivity contribution in [2.75, 3.05) is 11.5 Å². The van der Waals surface area contributed by atoms with Gasteiger partial charge in [0.1, 0.15) is 11.5 Å². The molecule has 0 spiro atoms. The maximum absolute atomic E-state index is 12.2. The average Bonchev–Trinajstić information content (AvgIpc) is 3.32. The molecule has 1 aliphatic heterocycles. The van der Waals surface area contributed by atoms with Gasteiger partial charge in [0.25, 0.3) is 0 Å². The van der Waals surface area contributed by atoms with E-state index in [9.17, 15) is 8.42 Å². The Morgan fingerprint density at radius 3 is 2.09 bits per heavy atom. The summed E-state index contributed by atoms with van der Waals surface area (Å²) in [6.45, 7) is 0.492. The molecule has 1 aliphatic rings. The van der Waals surface area contributed by atoms with Crippen molar-refractivity contribution in [1.82, 2.24) is 0 Å². The summed E-state index contributed by atoms with van der Waals surface area (Å²) in [6, 6.07) is 14.1. The molecule has 3 rings (SSSR count). The highest BCUT2D eigenvalue weighted by molar-refractivity contribution is 8.08. The second-order valence-electron chi connectivity index (χ2n) is 5.16. The van der Waals surface area contributed by atoms with E-state index in [0.717, 1.165) is 11.3 Å². The van der Waals surface area contributed by atoms with E-state index < -0.39 is 9.84 Å². The van der Waals surface area contributed by atoms with Crippen LogP contribution in [0.5, 0.6) is 11.5 Å². The van der Waals surface area contributed by atoms with Crippen LogP contribution in [0.3, 0.4) is 0 Å². The first-order valence-corrected chi connectivity index (χ1v) is 9.68. The quantitative estimate of drug-likeness (QED) is 0.822. The second kappa shape index (κ2) is 6.32. The summed E-state index contributed by atoms with van der Waals surface area (Å²) >= 11 is 1.68. The summed E-state index contributed by atoms with van der Waals surface area (Å²) in [5.41, 5.74) is 6.58. The zero-order valence-electron chi connectivity index (χ0n) is 11.9. The van der Waals surface area contributed by atoms with E-state index in [4.69, 9.17) is 10.5 Å². The number of ether oxygens (including phenoxy) is 1. The van der Waals surface area contributed by atoms with Gasteiger partial charge >= 0.3 is 0 Å². The Labute approximate surface area is 134 Å². The third kappa shape index (κ3) is 3.82. The fraction of sp³-hybridized carbons (Fsp3) is 0.250. The van der Waals surface area contributed by atoms with Crippen LogP contribution in [0.1, 0.15) is 5.56 Å². The molecule has 0 radical (unpaired) electrons. The Balaban J connectivity index is 1.70. The fourth-order valence-corrected chi connectivity index (χ4v) is 4.73. The van der Waals surface area contributed by atoms with Gasteiger partial charge in [0.05, 0.1) is 10.6 Å². The Bertz CT molecular complexity index is 736. The predicted octanol–water partition coefficient (Wildman–Crippen LogP) is 2.83. The molecule has 2 N–H and O–H groups in total. The SMILES string of the molecule is NCc1ccc(Oc2ccc(S(=O)(=O)CC3CS3)cc2)cc1. The number of hydrogen-bond donors (Lipinski definition) is 1. The molecule has 116 valence electrons. The first-order chi connectivity index (χ1) is 10.6. The summed E-state index contributed by atoms with van der Waals surface area (Å²) in [6.07, 6.45) is 0. The molecule has 0 saturated carbocycles. The van der Waals surface area contributed by atoms with E-state index in [1.165, 1.54) is 0 Å². The van der Waals surface area contributed by atoms with Crippen LogP contribution in [0.15, 0.2) is 53.4 Å². The Morgan fingerprint density at radius 2 is 1.59 bits per heavy atom. The molecule has 1 fully saturated rings. The summed E-state index contributed by atoms with van der Waals surface area (Å²) in [4.78, 5) is 0.353. The van der Waals surface area contributed by atoms with Crippen molar-refractivity contribution in [2.24, 2.45) is 5.73 Å². The van der Waals surface area contributed by atoms with Crippen LogP contribution in [0, 0.1) is 0 Å². The third-order valence-electron chi connectivity index (χ3n) is 3.39. The third-order valence-corrected chi connectivity index (χ3v) is 6.40. The first kappa shape index (κ1) is 15.4. The minimum Gasteiger partial charge on any atom is -0.457 e. The highest BCUT2D eigenvalue weighted by Crippen LogP contribution is 2.33. The van der Waals surface area contributed by atoms with Crippen LogP contribution < -0.4 is 10.5 Å². The molecule has 2 aromatic rings. The number of rotatable bonds is 6. The summed E-state index contributed by atoms with van der Waals surface area (Å²) < 4.78 is 30.0. The lowest BCUT2D eigenvalue weighted by Crippen LogP contribution is -2.10. The fourth-order valence-electron chi connectivity index (χ4n) is 2.05. The van der Waals surface area contributed by atoms with Crippen LogP contribution in [0.25, 0.3) is 0 Å². The lowest BCUT2D eigenvalue weighted by Gasteiger charge is -2.08.